The number of halogens is 1. The fourth-order valence-corrected chi connectivity index (χ4v) is 5.62. The fourth-order valence-electron chi connectivity index (χ4n) is 5.36. The van der Waals surface area contributed by atoms with Gasteiger partial charge in [0.15, 0.2) is 0 Å². The first-order valence-electron chi connectivity index (χ1n) is 9.45. The summed E-state index contributed by atoms with van der Waals surface area (Å²) in [6, 6.07) is 8.90. The van der Waals surface area contributed by atoms with E-state index in [1.54, 1.807) is 0 Å². The number of carbonyl (C=O) groups is 1. The molecule has 1 aromatic rings. The number of carbonyl (C=O) groups excluding carboxylic acids is 1. The molecule has 3 aliphatic carbocycles. The lowest BCUT2D eigenvalue weighted by Crippen LogP contribution is -2.40. The van der Waals surface area contributed by atoms with Gasteiger partial charge in [-0.2, -0.15) is 0 Å². The van der Waals surface area contributed by atoms with Gasteiger partial charge in [0.2, 0.25) is 5.91 Å². The van der Waals surface area contributed by atoms with Crippen LogP contribution in [0.5, 0.6) is 0 Å². The maximum Gasteiger partial charge on any atom is 0.223 e. The molecule has 3 heteroatoms. The lowest BCUT2D eigenvalue weighted by Gasteiger charge is -2.39. The Labute approximate surface area is 154 Å². The van der Waals surface area contributed by atoms with Gasteiger partial charge in [0.25, 0.3) is 0 Å². The lowest BCUT2D eigenvalue weighted by molar-refractivity contribution is -0.136. The Balaban J connectivity index is 1.50. The van der Waals surface area contributed by atoms with E-state index >= 15 is 0 Å². The minimum atomic E-state index is 0.265. The van der Waals surface area contributed by atoms with E-state index in [-0.39, 0.29) is 5.41 Å². The van der Waals surface area contributed by atoms with Crippen molar-refractivity contribution in [3.8, 4) is 0 Å². The van der Waals surface area contributed by atoms with Gasteiger partial charge < -0.3 is 4.90 Å². The molecule has 2 bridgehead atoms. The number of nitrogens with zero attached hydrogens (tertiary/aromatic N) is 1. The van der Waals surface area contributed by atoms with E-state index < -0.39 is 0 Å². The van der Waals surface area contributed by atoms with E-state index in [0.717, 1.165) is 23.4 Å². The molecule has 0 N–H and O–H groups in total. The molecule has 0 saturated heterocycles. The van der Waals surface area contributed by atoms with Crippen LogP contribution in [0.2, 0.25) is 0 Å². The molecule has 3 saturated carbocycles. The minimum absolute atomic E-state index is 0.265. The van der Waals surface area contributed by atoms with Crippen molar-refractivity contribution in [2.75, 3.05) is 0 Å². The van der Waals surface area contributed by atoms with E-state index in [2.05, 4.69) is 58.9 Å². The molecule has 1 amide bonds. The third kappa shape index (κ3) is 2.73. The van der Waals surface area contributed by atoms with Gasteiger partial charge in [-0.1, -0.05) is 41.9 Å². The molecule has 3 aliphatic rings. The molecule has 0 radical (unpaired) electrons. The number of benzene rings is 1. The highest BCUT2D eigenvalue weighted by molar-refractivity contribution is 9.10. The molecule has 0 spiro atoms. The van der Waals surface area contributed by atoms with Gasteiger partial charge in [-0.3, -0.25) is 4.79 Å². The Hall–Kier alpha value is -0.830. The minimum Gasteiger partial charge on any atom is -0.335 e. The van der Waals surface area contributed by atoms with Crippen LogP contribution in [0.15, 0.2) is 28.7 Å². The van der Waals surface area contributed by atoms with E-state index in [4.69, 9.17) is 0 Å². The number of hydrogen-bond acceptors (Lipinski definition) is 1. The summed E-state index contributed by atoms with van der Waals surface area (Å²) >= 11 is 3.49. The molecule has 0 aromatic heterocycles. The first kappa shape index (κ1) is 16.6. The Morgan fingerprint density at radius 3 is 2.25 bits per heavy atom. The zero-order chi connectivity index (χ0) is 16.9. The molecule has 2 nitrogen and oxygen atoms in total. The number of hydrogen-bond donors (Lipinski definition) is 0. The third-order valence-corrected chi connectivity index (χ3v) is 7.92. The average molecular weight is 390 g/mol. The topological polar surface area (TPSA) is 20.3 Å². The summed E-state index contributed by atoms with van der Waals surface area (Å²) in [7, 11) is 0. The third-order valence-electron chi connectivity index (χ3n) is 7.39. The van der Waals surface area contributed by atoms with Gasteiger partial charge in [-0.25, -0.2) is 0 Å². The molecular formula is C21H28BrNO. The van der Waals surface area contributed by atoms with Gasteiger partial charge in [0.1, 0.15) is 0 Å². The summed E-state index contributed by atoms with van der Waals surface area (Å²) in [5, 5.41) is 0. The second-order valence-corrected chi connectivity index (χ2v) is 9.75. The molecular weight excluding hydrogens is 362 g/mol. The molecule has 0 unspecified atom stereocenters. The van der Waals surface area contributed by atoms with Gasteiger partial charge in [-0.15, -0.1) is 0 Å². The monoisotopic (exact) mass is 389 g/mol. The first-order valence-corrected chi connectivity index (χ1v) is 10.2. The SMILES string of the molecule is CC1(C)C2CCC1(CC(=O)N(Cc1ccc(Br)cc1)C1CC1)CC2. The molecule has 1 aromatic carbocycles. The summed E-state index contributed by atoms with van der Waals surface area (Å²) in [6.45, 7) is 5.61. The van der Waals surface area contributed by atoms with Crippen LogP contribution in [0.3, 0.4) is 0 Å². The summed E-state index contributed by atoms with van der Waals surface area (Å²) < 4.78 is 1.10. The van der Waals surface area contributed by atoms with Crippen molar-refractivity contribution in [3.63, 3.8) is 0 Å². The van der Waals surface area contributed by atoms with Gasteiger partial charge >= 0.3 is 0 Å². The van der Waals surface area contributed by atoms with Crippen molar-refractivity contribution in [1.82, 2.24) is 4.90 Å². The zero-order valence-electron chi connectivity index (χ0n) is 14.9. The largest absolute Gasteiger partial charge is 0.335 e. The first-order chi connectivity index (χ1) is 11.4. The maximum absolute atomic E-state index is 13.2. The summed E-state index contributed by atoms with van der Waals surface area (Å²) in [5.41, 5.74) is 1.85. The summed E-state index contributed by atoms with van der Waals surface area (Å²) in [5.74, 6) is 1.24. The maximum atomic E-state index is 13.2. The van der Waals surface area contributed by atoms with Crippen molar-refractivity contribution in [3.05, 3.63) is 34.3 Å². The Morgan fingerprint density at radius 2 is 1.75 bits per heavy atom. The van der Waals surface area contributed by atoms with Gasteiger partial charge in [0, 0.05) is 23.5 Å². The van der Waals surface area contributed by atoms with E-state index in [1.165, 1.54) is 44.1 Å². The van der Waals surface area contributed by atoms with Crippen LogP contribution in [0.1, 0.15) is 64.4 Å². The van der Waals surface area contributed by atoms with Crippen molar-refractivity contribution >= 4 is 21.8 Å². The zero-order valence-corrected chi connectivity index (χ0v) is 16.4. The molecule has 4 rings (SSSR count). The number of amides is 1. The molecule has 130 valence electrons. The van der Waals surface area contributed by atoms with Gasteiger partial charge in [-0.05, 0) is 73.0 Å². The van der Waals surface area contributed by atoms with E-state index in [0.29, 0.717) is 17.4 Å². The van der Waals surface area contributed by atoms with Crippen LogP contribution in [0.25, 0.3) is 0 Å². The van der Waals surface area contributed by atoms with Crippen LogP contribution in [-0.2, 0) is 11.3 Å². The second kappa shape index (κ2) is 5.86. The quantitative estimate of drug-likeness (QED) is 0.646. The molecule has 0 aliphatic heterocycles. The van der Waals surface area contributed by atoms with Crippen LogP contribution in [0.4, 0.5) is 0 Å². The second-order valence-electron chi connectivity index (χ2n) is 8.83. The van der Waals surface area contributed by atoms with Crippen LogP contribution in [0, 0.1) is 16.7 Å². The van der Waals surface area contributed by atoms with Crippen LogP contribution in [-0.4, -0.2) is 16.8 Å². The Morgan fingerprint density at radius 1 is 1.12 bits per heavy atom. The fraction of sp³-hybridized carbons (Fsp3) is 0.667. The van der Waals surface area contributed by atoms with Crippen molar-refractivity contribution < 1.29 is 4.79 Å². The highest BCUT2D eigenvalue weighted by Crippen LogP contribution is 2.67. The molecule has 0 heterocycles. The van der Waals surface area contributed by atoms with Crippen LogP contribution >= 0.6 is 15.9 Å². The van der Waals surface area contributed by atoms with Crippen LogP contribution < -0.4 is 0 Å². The van der Waals surface area contributed by atoms with Gasteiger partial charge in [0.05, 0.1) is 0 Å². The molecule has 3 fully saturated rings. The number of rotatable bonds is 5. The normalized spacial score (nSPS) is 30.5. The predicted octanol–water partition coefficient (Wildman–Crippen LogP) is 5.55. The average Bonchev–Trinajstić information content (AvgIpc) is 3.32. The molecule has 24 heavy (non-hydrogen) atoms. The van der Waals surface area contributed by atoms with Crippen molar-refractivity contribution in [1.29, 1.82) is 0 Å². The van der Waals surface area contributed by atoms with Crippen molar-refractivity contribution in [2.45, 2.75) is 71.4 Å². The summed E-state index contributed by atoms with van der Waals surface area (Å²) in [6.07, 6.45) is 8.30. The smallest absolute Gasteiger partial charge is 0.223 e. The summed E-state index contributed by atoms with van der Waals surface area (Å²) in [4.78, 5) is 15.4. The highest BCUT2D eigenvalue weighted by Gasteiger charge is 2.59. The number of fused-ring (bicyclic) bond motifs is 2. The molecule has 0 atom stereocenters. The van der Waals surface area contributed by atoms with E-state index in [1.807, 2.05) is 0 Å². The Bertz CT molecular complexity index is 624. The van der Waals surface area contributed by atoms with Crippen molar-refractivity contribution in [2.24, 2.45) is 16.7 Å². The highest BCUT2D eigenvalue weighted by atomic mass is 79.9. The standard InChI is InChI=1S/C21H28BrNO/c1-20(2)16-9-11-21(20,12-10-16)13-19(24)23(18-7-8-18)14-15-3-5-17(22)6-4-15/h3-6,16,18H,7-14H2,1-2H3. The Kier molecular flexibility index (Phi) is 4.06. The lowest BCUT2D eigenvalue weighted by atomic mass is 9.67. The van der Waals surface area contributed by atoms with E-state index in [9.17, 15) is 4.79 Å². The predicted molar refractivity (Wildman–Crippen MR) is 101 cm³/mol.